The number of amides is 1. The third-order valence-electron chi connectivity index (χ3n) is 1.78. The van der Waals surface area contributed by atoms with Crippen LogP contribution in [0.2, 0.25) is 0 Å². The maximum absolute atomic E-state index is 11.2. The van der Waals surface area contributed by atoms with Gasteiger partial charge in [-0.1, -0.05) is 0 Å². The SMILES string of the molecule is CCN(Cc1ccco1)C(=O)CCl. The molecule has 1 aromatic rings. The maximum atomic E-state index is 11.2. The van der Waals surface area contributed by atoms with Gasteiger partial charge in [-0.05, 0) is 19.1 Å². The lowest BCUT2D eigenvalue weighted by Gasteiger charge is -2.17. The van der Waals surface area contributed by atoms with Crippen LogP contribution in [0.4, 0.5) is 0 Å². The molecular formula is C9H12ClNO2. The van der Waals surface area contributed by atoms with Crippen LogP contribution in [0.1, 0.15) is 12.7 Å². The fourth-order valence-electron chi connectivity index (χ4n) is 1.05. The summed E-state index contributed by atoms with van der Waals surface area (Å²) in [5, 5.41) is 0. The molecule has 0 saturated carbocycles. The topological polar surface area (TPSA) is 33.5 Å². The number of nitrogens with zero attached hydrogens (tertiary/aromatic N) is 1. The quantitative estimate of drug-likeness (QED) is 0.697. The minimum absolute atomic E-state index is 0.0224. The molecule has 1 rings (SSSR count). The van der Waals surface area contributed by atoms with Gasteiger partial charge in [-0.15, -0.1) is 11.6 Å². The zero-order chi connectivity index (χ0) is 9.68. The van der Waals surface area contributed by atoms with Crippen LogP contribution in [0, 0.1) is 0 Å². The highest BCUT2D eigenvalue weighted by molar-refractivity contribution is 6.27. The molecule has 13 heavy (non-hydrogen) atoms. The van der Waals surface area contributed by atoms with Crippen molar-refractivity contribution < 1.29 is 9.21 Å². The van der Waals surface area contributed by atoms with Gasteiger partial charge in [0, 0.05) is 6.54 Å². The molecular weight excluding hydrogens is 190 g/mol. The maximum Gasteiger partial charge on any atom is 0.237 e. The highest BCUT2D eigenvalue weighted by Crippen LogP contribution is 2.05. The molecule has 1 amide bonds. The predicted octanol–water partition coefficient (Wildman–Crippen LogP) is 1.87. The van der Waals surface area contributed by atoms with E-state index in [0.717, 1.165) is 5.76 Å². The molecule has 72 valence electrons. The van der Waals surface area contributed by atoms with Crippen molar-refractivity contribution in [3.05, 3.63) is 24.2 Å². The number of hydrogen-bond acceptors (Lipinski definition) is 2. The molecule has 0 N–H and O–H groups in total. The highest BCUT2D eigenvalue weighted by atomic mass is 35.5. The number of rotatable bonds is 4. The van der Waals surface area contributed by atoms with E-state index < -0.39 is 0 Å². The molecule has 4 heteroatoms. The summed E-state index contributed by atoms with van der Waals surface area (Å²) in [7, 11) is 0. The van der Waals surface area contributed by atoms with E-state index in [1.165, 1.54) is 0 Å². The standard InChI is InChI=1S/C9H12ClNO2/c1-2-11(9(12)6-10)7-8-4-3-5-13-8/h3-5H,2,6-7H2,1H3. The highest BCUT2D eigenvalue weighted by Gasteiger charge is 2.11. The fourth-order valence-corrected chi connectivity index (χ4v) is 1.22. The first-order chi connectivity index (χ1) is 6.27. The minimum atomic E-state index is -0.0689. The zero-order valence-corrected chi connectivity index (χ0v) is 8.25. The Hall–Kier alpha value is -0.960. The van der Waals surface area contributed by atoms with Crippen molar-refractivity contribution in [2.45, 2.75) is 13.5 Å². The van der Waals surface area contributed by atoms with E-state index in [1.807, 2.05) is 13.0 Å². The summed E-state index contributed by atoms with van der Waals surface area (Å²) in [6, 6.07) is 3.64. The molecule has 0 unspecified atom stereocenters. The molecule has 0 saturated heterocycles. The van der Waals surface area contributed by atoms with Crippen molar-refractivity contribution in [1.82, 2.24) is 4.90 Å². The summed E-state index contributed by atoms with van der Waals surface area (Å²) >= 11 is 5.44. The second-order valence-corrected chi connectivity index (χ2v) is 2.89. The van der Waals surface area contributed by atoms with Gasteiger partial charge in [-0.2, -0.15) is 0 Å². The average molecular weight is 202 g/mol. The van der Waals surface area contributed by atoms with Gasteiger partial charge in [0.05, 0.1) is 12.8 Å². The van der Waals surface area contributed by atoms with Gasteiger partial charge in [-0.3, -0.25) is 4.79 Å². The van der Waals surface area contributed by atoms with E-state index in [4.69, 9.17) is 16.0 Å². The summed E-state index contributed by atoms with van der Waals surface area (Å²) in [5.74, 6) is 0.732. The van der Waals surface area contributed by atoms with Crippen LogP contribution in [0.5, 0.6) is 0 Å². The van der Waals surface area contributed by atoms with Gasteiger partial charge in [0.1, 0.15) is 11.6 Å². The van der Waals surface area contributed by atoms with Crippen molar-refractivity contribution in [3.8, 4) is 0 Å². The summed E-state index contributed by atoms with van der Waals surface area (Å²) in [4.78, 5) is 12.9. The lowest BCUT2D eigenvalue weighted by Crippen LogP contribution is -2.30. The normalized spacial score (nSPS) is 10.0. The largest absolute Gasteiger partial charge is 0.467 e. The lowest BCUT2D eigenvalue weighted by molar-refractivity contribution is -0.129. The van der Waals surface area contributed by atoms with Gasteiger partial charge in [0.25, 0.3) is 0 Å². The second kappa shape index (κ2) is 4.92. The molecule has 0 aliphatic rings. The van der Waals surface area contributed by atoms with Crippen molar-refractivity contribution in [3.63, 3.8) is 0 Å². The molecule has 0 fully saturated rings. The Bertz CT molecular complexity index is 259. The first-order valence-electron chi connectivity index (χ1n) is 4.14. The molecule has 0 spiro atoms. The van der Waals surface area contributed by atoms with Gasteiger partial charge >= 0.3 is 0 Å². The Balaban J connectivity index is 2.54. The Labute approximate surface area is 82.3 Å². The van der Waals surface area contributed by atoms with E-state index >= 15 is 0 Å². The predicted molar refractivity (Wildman–Crippen MR) is 50.5 cm³/mol. The first kappa shape index (κ1) is 10.1. The smallest absolute Gasteiger partial charge is 0.237 e. The van der Waals surface area contributed by atoms with Crippen LogP contribution in [-0.2, 0) is 11.3 Å². The number of halogens is 1. The number of carbonyl (C=O) groups is 1. The van der Waals surface area contributed by atoms with Crippen molar-refractivity contribution >= 4 is 17.5 Å². The molecule has 3 nitrogen and oxygen atoms in total. The Morgan fingerprint density at radius 1 is 1.69 bits per heavy atom. The van der Waals surface area contributed by atoms with E-state index in [0.29, 0.717) is 13.1 Å². The summed E-state index contributed by atoms with van der Waals surface area (Å²) in [5.41, 5.74) is 0. The summed E-state index contributed by atoms with van der Waals surface area (Å²) in [6.07, 6.45) is 1.59. The minimum Gasteiger partial charge on any atom is -0.467 e. The molecule has 0 aromatic carbocycles. The molecule has 0 radical (unpaired) electrons. The van der Waals surface area contributed by atoms with E-state index in [2.05, 4.69) is 0 Å². The first-order valence-corrected chi connectivity index (χ1v) is 4.67. The van der Waals surface area contributed by atoms with Crippen LogP contribution in [0.25, 0.3) is 0 Å². The fraction of sp³-hybridized carbons (Fsp3) is 0.444. The Kier molecular flexibility index (Phi) is 3.83. The number of furan rings is 1. The van der Waals surface area contributed by atoms with Crippen LogP contribution in [-0.4, -0.2) is 23.2 Å². The Morgan fingerprint density at radius 2 is 2.46 bits per heavy atom. The van der Waals surface area contributed by atoms with E-state index in [-0.39, 0.29) is 11.8 Å². The second-order valence-electron chi connectivity index (χ2n) is 2.62. The van der Waals surface area contributed by atoms with Gasteiger partial charge in [-0.25, -0.2) is 0 Å². The van der Waals surface area contributed by atoms with Gasteiger partial charge in [0.15, 0.2) is 0 Å². The van der Waals surface area contributed by atoms with E-state index in [9.17, 15) is 4.79 Å². The van der Waals surface area contributed by atoms with E-state index in [1.54, 1.807) is 17.2 Å². The number of alkyl halides is 1. The van der Waals surface area contributed by atoms with Crippen LogP contribution in [0.15, 0.2) is 22.8 Å². The lowest BCUT2D eigenvalue weighted by atomic mass is 10.4. The van der Waals surface area contributed by atoms with Crippen molar-refractivity contribution in [1.29, 1.82) is 0 Å². The monoisotopic (exact) mass is 201 g/mol. The van der Waals surface area contributed by atoms with Crippen molar-refractivity contribution in [2.24, 2.45) is 0 Å². The molecule has 0 bridgehead atoms. The molecule has 0 aliphatic heterocycles. The van der Waals surface area contributed by atoms with Crippen LogP contribution < -0.4 is 0 Å². The summed E-state index contributed by atoms with van der Waals surface area (Å²) < 4.78 is 5.12. The third-order valence-corrected chi connectivity index (χ3v) is 2.00. The Morgan fingerprint density at radius 3 is 2.92 bits per heavy atom. The third kappa shape index (κ3) is 2.77. The number of hydrogen-bond donors (Lipinski definition) is 0. The molecule has 0 aliphatic carbocycles. The van der Waals surface area contributed by atoms with Crippen LogP contribution in [0.3, 0.4) is 0 Å². The molecule has 1 heterocycles. The zero-order valence-electron chi connectivity index (χ0n) is 7.50. The average Bonchev–Trinajstić information content (AvgIpc) is 2.65. The number of carbonyl (C=O) groups excluding carboxylic acids is 1. The van der Waals surface area contributed by atoms with Gasteiger partial charge < -0.3 is 9.32 Å². The summed E-state index contributed by atoms with van der Waals surface area (Å²) in [6.45, 7) is 3.05. The molecule has 0 atom stereocenters. The molecule has 1 aromatic heterocycles. The van der Waals surface area contributed by atoms with Crippen LogP contribution >= 0.6 is 11.6 Å². The van der Waals surface area contributed by atoms with Gasteiger partial charge in [0.2, 0.25) is 5.91 Å². The van der Waals surface area contributed by atoms with Crippen molar-refractivity contribution in [2.75, 3.05) is 12.4 Å².